The molecule has 8 nitrogen and oxygen atoms in total. The molecule has 0 fully saturated rings. The van der Waals surface area contributed by atoms with Crippen molar-refractivity contribution in [2.75, 3.05) is 10.6 Å². The summed E-state index contributed by atoms with van der Waals surface area (Å²) in [6.45, 7) is 3.76. The number of anilines is 2. The minimum atomic E-state index is -0.458. The third kappa shape index (κ3) is 5.42. The minimum Gasteiger partial charge on any atom is -0.358 e. The Morgan fingerprint density at radius 3 is 2.19 bits per heavy atom. The molecule has 0 saturated carbocycles. The lowest BCUT2D eigenvalue weighted by molar-refractivity contribution is -0.114. The molecule has 3 rings (SSSR count). The molecule has 31 heavy (non-hydrogen) atoms. The van der Waals surface area contributed by atoms with E-state index in [0.717, 1.165) is 19.3 Å². The van der Waals surface area contributed by atoms with Crippen molar-refractivity contribution in [2.24, 2.45) is 0 Å². The second kappa shape index (κ2) is 10.3. The molecular formula is C23H26N4O4. The van der Waals surface area contributed by atoms with Crippen LogP contribution in [-0.2, 0) is 11.3 Å². The third-order valence-corrected chi connectivity index (χ3v) is 4.57. The first kappa shape index (κ1) is 21.9. The Morgan fingerprint density at radius 1 is 0.935 bits per heavy atom. The van der Waals surface area contributed by atoms with Gasteiger partial charge < -0.3 is 15.5 Å². The van der Waals surface area contributed by atoms with Crippen molar-refractivity contribution in [3.63, 3.8) is 0 Å². The number of nitrogens with zero attached hydrogens (tertiary/aromatic N) is 2. The maximum Gasteiger partial charge on any atom is 0.295 e. The zero-order valence-corrected chi connectivity index (χ0v) is 17.6. The van der Waals surface area contributed by atoms with Crippen molar-refractivity contribution in [3.8, 4) is 5.75 Å². The van der Waals surface area contributed by atoms with Gasteiger partial charge in [-0.1, -0.05) is 61.0 Å². The molecule has 0 aliphatic heterocycles. The predicted molar refractivity (Wildman–Crippen MR) is 119 cm³/mol. The molecule has 0 unspecified atom stereocenters. The molecule has 3 aromatic rings. The van der Waals surface area contributed by atoms with Crippen molar-refractivity contribution < 1.29 is 14.4 Å². The van der Waals surface area contributed by atoms with Crippen LogP contribution in [0.1, 0.15) is 43.5 Å². The van der Waals surface area contributed by atoms with Gasteiger partial charge in [-0.3, -0.25) is 14.4 Å². The quantitative estimate of drug-likeness (QED) is 0.512. The molecule has 1 aromatic heterocycles. The lowest BCUT2D eigenvalue weighted by Gasteiger charge is -2.15. The molecule has 8 heteroatoms. The van der Waals surface area contributed by atoms with E-state index in [1.807, 2.05) is 6.07 Å². The number of hydrogen-bond donors (Lipinski definition) is 2. The Balaban J connectivity index is 2.07. The van der Waals surface area contributed by atoms with Gasteiger partial charge in [-0.05, 0) is 30.7 Å². The average molecular weight is 422 g/mol. The Labute approximate surface area is 180 Å². The van der Waals surface area contributed by atoms with Gasteiger partial charge in [0.15, 0.2) is 17.3 Å². The van der Waals surface area contributed by atoms with Gasteiger partial charge in [0.2, 0.25) is 5.91 Å². The Hall–Kier alpha value is -3.81. The van der Waals surface area contributed by atoms with E-state index in [1.165, 1.54) is 16.5 Å². The predicted octanol–water partition coefficient (Wildman–Crippen LogP) is 3.89. The van der Waals surface area contributed by atoms with Gasteiger partial charge >= 0.3 is 0 Å². The van der Waals surface area contributed by atoms with Crippen LogP contribution >= 0.6 is 0 Å². The molecule has 0 radical (unpaired) electrons. The maximum absolute atomic E-state index is 13.2. The molecule has 0 atom stereocenters. The highest BCUT2D eigenvalue weighted by Gasteiger charge is 2.24. The lowest BCUT2D eigenvalue weighted by atomic mass is 10.2. The molecule has 0 saturated heterocycles. The Bertz CT molecular complexity index is 1090. The monoisotopic (exact) mass is 422 g/mol. The average Bonchev–Trinajstić information content (AvgIpc) is 3.00. The van der Waals surface area contributed by atoms with Crippen LogP contribution in [0.25, 0.3) is 0 Å². The number of amides is 2. The number of carbonyl (C=O) groups excluding carboxylic acids is 2. The first-order valence-corrected chi connectivity index (χ1v) is 10.2. The van der Waals surface area contributed by atoms with E-state index in [9.17, 15) is 14.4 Å². The van der Waals surface area contributed by atoms with Crippen LogP contribution in [0.2, 0.25) is 0 Å². The van der Waals surface area contributed by atoms with Crippen molar-refractivity contribution >= 4 is 23.3 Å². The summed E-state index contributed by atoms with van der Waals surface area (Å²) < 4.78 is 1.38. The SMILES string of the molecule is CCCCCn1c(=O)c(NC(=O)c2ccccc2)c(NC(C)=O)n1Oc1ccccc1. The summed E-state index contributed by atoms with van der Waals surface area (Å²) >= 11 is 0. The van der Waals surface area contributed by atoms with Crippen LogP contribution in [-0.4, -0.2) is 21.3 Å². The van der Waals surface area contributed by atoms with Crippen LogP contribution in [0.3, 0.4) is 0 Å². The zero-order valence-electron chi connectivity index (χ0n) is 17.6. The second-order valence-corrected chi connectivity index (χ2v) is 7.04. The van der Waals surface area contributed by atoms with Crippen LogP contribution in [0, 0.1) is 0 Å². The summed E-state index contributed by atoms with van der Waals surface area (Å²) in [5.41, 5.74) is -0.110. The maximum atomic E-state index is 13.2. The van der Waals surface area contributed by atoms with Gasteiger partial charge in [0.25, 0.3) is 11.5 Å². The van der Waals surface area contributed by atoms with Gasteiger partial charge in [-0.15, -0.1) is 0 Å². The fourth-order valence-electron chi connectivity index (χ4n) is 3.07. The van der Waals surface area contributed by atoms with Gasteiger partial charge in [0.05, 0.1) is 0 Å². The summed E-state index contributed by atoms with van der Waals surface area (Å²) in [4.78, 5) is 45.0. The van der Waals surface area contributed by atoms with Crippen LogP contribution < -0.4 is 21.0 Å². The Morgan fingerprint density at radius 2 is 1.58 bits per heavy atom. The third-order valence-electron chi connectivity index (χ3n) is 4.57. The first-order valence-electron chi connectivity index (χ1n) is 10.2. The van der Waals surface area contributed by atoms with E-state index in [-0.39, 0.29) is 11.5 Å². The number of rotatable bonds is 9. The fraction of sp³-hybridized carbons (Fsp3) is 0.261. The summed E-state index contributed by atoms with van der Waals surface area (Å²) in [5, 5.41) is 5.28. The van der Waals surface area contributed by atoms with Crippen LogP contribution in [0.4, 0.5) is 11.5 Å². The number of benzene rings is 2. The highest BCUT2D eigenvalue weighted by molar-refractivity contribution is 6.06. The van der Waals surface area contributed by atoms with Crippen molar-refractivity contribution in [1.82, 2.24) is 9.53 Å². The highest BCUT2D eigenvalue weighted by atomic mass is 16.7. The Kier molecular flexibility index (Phi) is 7.26. The number of carbonyl (C=O) groups is 2. The molecule has 0 bridgehead atoms. The lowest BCUT2D eigenvalue weighted by Crippen LogP contribution is -2.27. The fourth-order valence-corrected chi connectivity index (χ4v) is 3.07. The number of unbranched alkanes of at least 4 members (excludes halogenated alkanes) is 2. The van der Waals surface area contributed by atoms with E-state index in [4.69, 9.17) is 4.84 Å². The topological polar surface area (TPSA) is 94.4 Å². The molecule has 0 aliphatic rings. The van der Waals surface area contributed by atoms with Crippen LogP contribution in [0.5, 0.6) is 5.75 Å². The molecule has 0 spiro atoms. The van der Waals surface area contributed by atoms with E-state index in [2.05, 4.69) is 17.6 Å². The van der Waals surface area contributed by atoms with Gasteiger partial charge in [-0.2, -0.15) is 0 Å². The zero-order chi connectivity index (χ0) is 22.2. The molecule has 0 aliphatic carbocycles. The highest BCUT2D eigenvalue weighted by Crippen LogP contribution is 2.22. The number of hydrogen-bond acceptors (Lipinski definition) is 4. The summed E-state index contributed by atoms with van der Waals surface area (Å²) in [6.07, 6.45) is 2.64. The van der Waals surface area contributed by atoms with E-state index in [1.54, 1.807) is 54.6 Å². The molecule has 2 N–H and O–H groups in total. The molecule has 1 heterocycles. The molecule has 162 valence electrons. The molecule has 2 aromatic carbocycles. The van der Waals surface area contributed by atoms with Crippen molar-refractivity contribution in [1.29, 1.82) is 0 Å². The minimum absolute atomic E-state index is 0.0449. The smallest absolute Gasteiger partial charge is 0.295 e. The summed E-state index contributed by atoms with van der Waals surface area (Å²) in [7, 11) is 0. The van der Waals surface area contributed by atoms with Gasteiger partial charge in [0.1, 0.15) is 0 Å². The molecular weight excluding hydrogens is 396 g/mol. The largest absolute Gasteiger partial charge is 0.358 e. The summed E-state index contributed by atoms with van der Waals surface area (Å²) in [6, 6.07) is 17.5. The normalized spacial score (nSPS) is 10.5. The number of nitrogens with one attached hydrogen (secondary N) is 2. The van der Waals surface area contributed by atoms with Gasteiger partial charge in [0, 0.05) is 19.0 Å². The van der Waals surface area contributed by atoms with E-state index in [0.29, 0.717) is 17.9 Å². The van der Waals surface area contributed by atoms with Crippen LogP contribution in [0.15, 0.2) is 65.5 Å². The summed E-state index contributed by atoms with van der Waals surface area (Å²) in [5.74, 6) is -0.301. The van der Waals surface area contributed by atoms with E-state index >= 15 is 0 Å². The standard InChI is InChI=1S/C23H26N4O4/c1-3-4-11-16-26-23(30)20(25-22(29)18-12-7-5-8-13-18)21(24-17(2)28)27(26)31-19-14-9-6-10-15-19/h5-10,12-15H,3-4,11,16H2,1-2H3,(H,24,28)(H,25,29). The van der Waals surface area contributed by atoms with Crippen molar-refractivity contribution in [3.05, 3.63) is 76.6 Å². The number of aromatic nitrogens is 2. The molecule has 2 amide bonds. The van der Waals surface area contributed by atoms with Gasteiger partial charge in [-0.25, -0.2) is 4.68 Å². The first-order chi connectivity index (χ1) is 15.0. The van der Waals surface area contributed by atoms with Crippen molar-refractivity contribution in [2.45, 2.75) is 39.7 Å². The second-order valence-electron chi connectivity index (χ2n) is 7.04. The van der Waals surface area contributed by atoms with E-state index < -0.39 is 17.4 Å². The number of para-hydroxylation sites is 1.